The van der Waals surface area contributed by atoms with Crippen LogP contribution in [0.5, 0.6) is 0 Å². The first-order valence-corrected chi connectivity index (χ1v) is 9.22. The third-order valence-electron chi connectivity index (χ3n) is 4.54. The minimum atomic E-state index is -0.213. The Bertz CT molecular complexity index is 427. The van der Waals surface area contributed by atoms with Gasteiger partial charge in [-0.15, -0.1) is 0 Å². The first-order chi connectivity index (χ1) is 10.3. The van der Waals surface area contributed by atoms with E-state index in [0.717, 1.165) is 32.1 Å². The Balaban J connectivity index is 2.45. The van der Waals surface area contributed by atoms with Gasteiger partial charge in [0.15, 0.2) is 7.85 Å². The number of hydrogen-bond donors (Lipinski definition) is 0. The lowest BCUT2D eigenvalue weighted by molar-refractivity contribution is -0.138. The predicted molar refractivity (Wildman–Crippen MR) is 96.6 cm³/mol. The highest BCUT2D eigenvalue weighted by molar-refractivity contribution is 8.03. The molecule has 1 rings (SSSR count). The Hall–Kier alpha value is -0.710. The number of nitrogens with zero attached hydrogens (tertiary/aromatic N) is 1. The second-order valence-electron chi connectivity index (χ2n) is 6.36. The highest BCUT2D eigenvalue weighted by Gasteiger charge is 2.41. The van der Waals surface area contributed by atoms with Gasteiger partial charge in [0.2, 0.25) is 11.8 Å². The summed E-state index contributed by atoms with van der Waals surface area (Å²) in [5, 5.41) is -0.213. The van der Waals surface area contributed by atoms with Crippen molar-refractivity contribution in [1.82, 2.24) is 4.90 Å². The molecule has 0 radical (unpaired) electrons. The molecule has 1 aliphatic heterocycles. The molecule has 0 aromatic rings. The molecular weight excluding hydrogens is 296 g/mol. The Kier molecular flexibility index (Phi) is 7.74. The first-order valence-electron chi connectivity index (χ1n) is 8.34. The summed E-state index contributed by atoms with van der Waals surface area (Å²) in [5.41, 5.74) is 0.197. The smallest absolute Gasteiger partial charge is 0.242 e. The van der Waals surface area contributed by atoms with Crippen LogP contribution in [0, 0.1) is 0 Å². The van der Waals surface area contributed by atoms with Crippen LogP contribution < -0.4 is 0 Å². The van der Waals surface area contributed by atoms with Crippen molar-refractivity contribution in [2.24, 2.45) is 0 Å². The second-order valence-corrected chi connectivity index (χ2v) is 8.15. The molecule has 0 saturated carbocycles. The van der Waals surface area contributed by atoms with E-state index in [-0.39, 0.29) is 27.4 Å². The Morgan fingerprint density at radius 3 is 2.45 bits per heavy atom. The van der Waals surface area contributed by atoms with Crippen molar-refractivity contribution < 1.29 is 14.4 Å². The number of thioether (sulfide) groups is 1. The van der Waals surface area contributed by atoms with Gasteiger partial charge in [-0.1, -0.05) is 20.3 Å². The lowest BCUT2D eigenvalue weighted by Crippen LogP contribution is -2.34. The van der Waals surface area contributed by atoms with Gasteiger partial charge in [0, 0.05) is 13.0 Å². The van der Waals surface area contributed by atoms with Crippen LogP contribution in [0.15, 0.2) is 0 Å². The maximum atomic E-state index is 12.4. The Morgan fingerprint density at radius 2 is 1.91 bits per heavy atom. The van der Waals surface area contributed by atoms with Gasteiger partial charge in [0.25, 0.3) is 0 Å². The van der Waals surface area contributed by atoms with E-state index in [4.69, 9.17) is 0 Å². The molecule has 7 heteroatoms. The number of unbranched alkanes of at least 4 members (excludes halogenated alkanes) is 2. The quantitative estimate of drug-likeness (QED) is 0.338. The minimum absolute atomic E-state index is 0.0188. The third-order valence-corrected chi connectivity index (χ3v) is 6.33. The zero-order valence-corrected chi connectivity index (χ0v) is 15.1. The van der Waals surface area contributed by atoms with Crippen LogP contribution in [0.1, 0.15) is 58.8 Å². The molecule has 4 nitrogen and oxygen atoms in total. The van der Waals surface area contributed by atoms with Crippen LogP contribution in [-0.2, 0) is 14.4 Å². The summed E-state index contributed by atoms with van der Waals surface area (Å²) in [6.07, 6.45) is 5.44. The molecule has 22 heavy (non-hydrogen) atoms. The van der Waals surface area contributed by atoms with Crippen LogP contribution >= 0.6 is 11.8 Å². The summed E-state index contributed by atoms with van der Waals surface area (Å²) in [6.45, 7) is 4.76. The van der Waals surface area contributed by atoms with E-state index in [1.807, 2.05) is 0 Å². The van der Waals surface area contributed by atoms with Crippen LogP contribution in [0.25, 0.3) is 0 Å². The van der Waals surface area contributed by atoms with E-state index in [0.29, 0.717) is 19.4 Å². The molecule has 0 spiro atoms. The van der Waals surface area contributed by atoms with E-state index < -0.39 is 0 Å². The summed E-state index contributed by atoms with van der Waals surface area (Å²) in [6, 6.07) is 0. The molecule has 1 atom stereocenters. The normalized spacial score (nSPS) is 19.0. The third kappa shape index (κ3) is 5.49. The van der Waals surface area contributed by atoms with Crippen LogP contribution in [0.4, 0.5) is 0 Å². The molecule has 1 fully saturated rings. The number of carbonyl (C=O) groups is 3. The van der Waals surface area contributed by atoms with Gasteiger partial charge in [0.1, 0.15) is 7.85 Å². The highest BCUT2D eigenvalue weighted by Crippen LogP contribution is 2.37. The Morgan fingerprint density at radius 1 is 1.27 bits per heavy atom. The second kappa shape index (κ2) is 8.80. The maximum absolute atomic E-state index is 12.4. The zero-order chi connectivity index (χ0) is 16.8. The number of amides is 2. The van der Waals surface area contributed by atoms with Gasteiger partial charge in [-0.2, -0.15) is 11.8 Å². The molecule has 1 unspecified atom stereocenters. The minimum Gasteiger partial charge on any atom is -0.312 e. The molecule has 0 aliphatic carbocycles. The maximum Gasteiger partial charge on any atom is 0.242 e. The van der Waals surface area contributed by atoms with Gasteiger partial charge < -0.3 is 4.79 Å². The van der Waals surface area contributed by atoms with Crippen LogP contribution in [0.2, 0.25) is 0 Å². The first kappa shape index (κ1) is 19.3. The monoisotopic (exact) mass is 323 g/mol. The standard InChI is InChI=1S/C15H27B2NO3S/c1-3-15(17,4-2)22-11-10-13(20)18(14(11)21)9-7-5-6-8-12(16)19/h11H,3-10,16-17H2,1-2H3. The van der Waals surface area contributed by atoms with Gasteiger partial charge in [-0.3, -0.25) is 14.5 Å². The SMILES string of the molecule is BC(=O)CCCCCN1C(=O)CC(SC(B)(CC)CC)C1=O. The van der Waals surface area contributed by atoms with Crippen molar-refractivity contribution in [2.75, 3.05) is 6.54 Å². The molecule has 1 heterocycles. The number of imide groups is 1. The topological polar surface area (TPSA) is 54.5 Å². The fourth-order valence-electron chi connectivity index (χ4n) is 2.56. The lowest BCUT2D eigenvalue weighted by Gasteiger charge is -2.28. The van der Waals surface area contributed by atoms with Crippen molar-refractivity contribution in [3.05, 3.63) is 0 Å². The van der Waals surface area contributed by atoms with E-state index in [9.17, 15) is 14.4 Å². The van der Waals surface area contributed by atoms with Crippen molar-refractivity contribution in [3.63, 3.8) is 0 Å². The summed E-state index contributed by atoms with van der Waals surface area (Å²) in [7, 11) is 3.76. The number of carbonyl (C=O) groups excluding carboxylic acids is 3. The van der Waals surface area contributed by atoms with Gasteiger partial charge >= 0.3 is 0 Å². The van der Waals surface area contributed by atoms with Crippen molar-refractivity contribution >= 4 is 45.0 Å². The molecular formula is C15H27B2NO3S. The highest BCUT2D eigenvalue weighted by atomic mass is 32.2. The number of rotatable bonds is 10. The number of hydrogen-bond acceptors (Lipinski definition) is 4. The molecule has 1 saturated heterocycles. The fraction of sp³-hybridized carbons (Fsp3) is 0.800. The zero-order valence-electron chi connectivity index (χ0n) is 14.3. The van der Waals surface area contributed by atoms with Crippen LogP contribution in [-0.4, -0.2) is 54.5 Å². The van der Waals surface area contributed by atoms with Gasteiger partial charge in [-0.05, 0) is 36.8 Å². The molecule has 2 amide bonds. The van der Waals surface area contributed by atoms with E-state index in [1.54, 1.807) is 19.6 Å². The molecule has 0 aromatic carbocycles. The lowest BCUT2D eigenvalue weighted by atomic mass is 9.81. The predicted octanol–water partition coefficient (Wildman–Crippen LogP) is 0.717. The summed E-state index contributed by atoms with van der Waals surface area (Å²) < 4.78 is 0.0676. The number of likely N-dealkylation sites (tertiary alicyclic amines) is 1. The average Bonchev–Trinajstić information content (AvgIpc) is 2.73. The van der Waals surface area contributed by atoms with Crippen molar-refractivity contribution in [2.45, 2.75) is 68.7 Å². The Labute approximate surface area is 140 Å². The molecule has 0 aromatic heterocycles. The van der Waals surface area contributed by atoms with Crippen molar-refractivity contribution in [3.8, 4) is 0 Å². The summed E-state index contributed by atoms with van der Waals surface area (Å²) >= 11 is 1.66. The molecule has 0 N–H and O–H groups in total. The van der Waals surface area contributed by atoms with E-state index in [1.165, 1.54) is 4.90 Å². The summed E-state index contributed by atoms with van der Waals surface area (Å²) in [5.74, 6) is -0.0571. The molecule has 122 valence electrons. The van der Waals surface area contributed by atoms with E-state index in [2.05, 4.69) is 21.7 Å². The summed E-state index contributed by atoms with van der Waals surface area (Å²) in [4.78, 5) is 36.8. The van der Waals surface area contributed by atoms with Crippen LogP contribution in [0.3, 0.4) is 0 Å². The molecule has 1 aliphatic rings. The molecule has 0 bridgehead atoms. The van der Waals surface area contributed by atoms with E-state index >= 15 is 0 Å². The fourth-order valence-corrected chi connectivity index (χ4v) is 4.03. The average molecular weight is 323 g/mol. The van der Waals surface area contributed by atoms with Gasteiger partial charge in [0.05, 0.1) is 10.9 Å². The van der Waals surface area contributed by atoms with Gasteiger partial charge in [-0.25, -0.2) is 0 Å². The largest absolute Gasteiger partial charge is 0.312 e. The van der Waals surface area contributed by atoms with Crippen molar-refractivity contribution in [1.29, 1.82) is 0 Å².